The summed E-state index contributed by atoms with van der Waals surface area (Å²) < 4.78 is 1.20. The zero-order valence-electron chi connectivity index (χ0n) is 8.46. The molecule has 2 rings (SSSR count). The van der Waals surface area contributed by atoms with Crippen molar-refractivity contribution in [3.8, 4) is 0 Å². The molecular formula is C12H16BrN. The van der Waals surface area contributed by atoms with E-state index in [1.807, 2.05) is 0 Å². The zero-order valence-corrected chi connectivity index (χ0v) is 10.0. The van der Waals surface area contributed by atoms with Crippen molar-refractivity contribution in [2.24, 2.45) is 5.73 Å². The molecule has 1 aliphatic rings. The maximum Gasteiger partial charge on any atom is 0.0225 e. The Morgan fingerprint density at radius 2 is 2.07 bits per heavy atom. The van der Waals surface area contributed by atoms with Crippen LogP contribution in [0.15, 0.2) is 28.7 Å². The average molecular weight is 254 g/mol. The van der Waals surface area contributed by atoms with Gasteiger partial charge in [-0.15, -0.1) is 0 Å². The normalized spacial score (nSPS) is 20.5. The Balaban J connectivity index is 2.32. The van der Waals surface area contributed by atoms with Crippen LogP contribution in [0.25, 0.3) is 0 Å². The molecule has 0 spiro atoms. The van der Waals surface area contributed by atoms with Crippen LogP contribution in [0.4, 0.5) is 0 Å². The number of halogens is 1. The molecule has 1 saturated carbocycles. The summed E-state index contributed by atoms with van der Waals surface area (Å²) in [4.78, 5) is 0. The van der Waals surface area contributed by atoms with Crippen LogP contribution in [-0.2, 0) is 0 Å². The molecule has 1 fully saturated rings. The molecule has 1 aromatic carbocycles. The van der Waals surface area contributed by atoms with Gasteiger partial charge in [0.05, 0.1) is 0 Å². The fraction of sp³-hybridized carbons (Fsp3) is 0.500. The van der Waals surface area contributed by atoms with Crippen molar-refractivity contribution in [1.82, 2.24) is 0 Å². The molecule has 0 amide bonds. The van der Waals surface area contributed by atoms with Crippen molar-refractivity contribution >= 4 is 15.9 Å². The van der Waals surface area contributed by atoms with E-state index in [2.05, 4.69) is 47.1 Å². The summed E-state index contributed by atoms with van der Waals surface area (Å²) in [6.07, 6.45) is 3.47. The molecule has 0 radical (unpaired) electrons. The van der Waals surface area contributed by atoms with Crippen molar-refractivity contribution in [3.05, 3.63) is 34.3 Å². The molecule has 1 unspecified atom stereocenters. The highest BCUT2D eigenvalue weighted by molar-refractivity contribution is 9.10. The first-order valence-corrected chi connectivity index (χ1v) is 6.00. The van der Waals surface area contributed by atoms with E-state index in [0.29, 0.717) is 5.92 Å². The molecule has 0 saturated heterocycles. The summed E-state index contributed by atoms with van der Waals surface area (Å²) in [5.74, 6) is 0.512. The molecule has 1 aliphatic carbocycles. The summed E-state index contributed by atoms with van der Waals surface area (Å²) in [5.41, 5.74) is 7.73. The quantitative estimate of drug-likeness (QED) is 0.878. The first-order chi connectivity index (χ1) is 6.67. The van der Waals surface area contributed by atoms with E-state index in [1.165, 1.54) is 22.9 Å². The largest absolute Gasteiger partial charge is 0.325 e. The van der Waals surface area contributed by atoms with Crippen molar-refractivity contribution < 1.29 is 0 Å². The maximum atomic E-state index is 6.28. The van der Waals surface area contributed by atoms with Crippen LogP contribution in [-0.4, -0.2) is 5.54 Å². The third kappa shape index (κ3) is 1.73. The molecule has 2 N–H and O–H groups in total. The van der Waals surface area contributed by atoms with Gasteiger partial charge in [0.15, 0.2) is 0 Å². The van der Waals surface area contributed by atoms with Crippen molar-refractivity contribution in [2.45, 2.75) is 37.6 Å². The highest BCUT2D eigenvalue weighted by atomic mass is 79.9. The van der Waals surface area contributed by atoms with E-state index >= 15 is 0 Å². The van der Waals surface area contributed by atoms with Crippen LogP contribution < -0.4 is 5.73 Å². The fourth-order valence-electron chi connectivity index (χ4n) is 2.19. The van der Waals surface area contributed by atoms with Crippen LogP contribution in [0.5, 0.6) is 0 Å². The van der Waals surface area contributed by atoms with E-state index in [4.69, 9.17) is 5.73 Å². The molecule has 14 heavy (non-hydrogen) atoms. The Bertz CT molecular complexity index is 331. The van der Waals surface area contributed by atoms with Crippen LogP contribution in [0, 0.1) is 0 Å². The van der Waals surface area contributed by atoms with E-state index in [1.54, 1.807) is 0 Å². The van der Waals surface area contributed by atoms with Crippen molar-refractivity contribution in [1.29, 1.82) is 0 Å². The second kappa shape index (κ2) is 3.67. The lowest BCUT2D eigenvalue weighted by atomic mass is 9.88. The number of nitrogens with two attached hydrogens (primary N) is 1. The van der Waals surface area contributed by atoms with Gasteiger partial charge in [-0.1, -0.05) is 41.1 Å². The Hall–Kier alpha value is -0.340. The molecule has 76 valence electrons. The topological polar surface area (TPSA) is 26.0 Å². The third-order valence-corrected chi connectivity index (χ3v) is 3.93. The Kier molecular flexibility index (Phi) is 2.67. The number of hydrogen-bond acceptors (Lipinski definition) is 1. The molecule has 0 aromatic heterocycles. The van der Waals surface area contributed by atoms with Gasteiger partial charge in [-0.2, -0.15) is 0 Å². The smallest absolute Gasteiger partial charge is 0.0225 e. The summed E-state index contributed by atoms with van der Waals surface area (Å²) in [7, 11) is 0. The van der Waals surface area contributed by atoms with E-state index in [0.717, 1.165) is 6.42 Å². The van der Waals surface area contributed by atoms with Gasteiger partial charge < -0.3 is 5.73 Å². The number of benzene rings is 1. The van der Waals surface area contributed by atoms with Gasteiger partial charge in [0.2, 0.25) is 0 Å². The lowest BCUT2D eigenvalue weighted by Crippen LogP contribution is -2.30. The van der Waals surface area contributed by atoms with Gasteiger partial charge in [-0.05, 0) is 30.9 Å². The SMILES string of the molecule is CCC(c1ccccc1Br)C1(N)CC1. The summed E-state index contributed by atoms with van der Waals surface area (Å²) in [5, 5.41) is 0. The zero-order chi connectivity index (χ0) is 10.2. The van der Waals surface area contributed by atoms with Crippen LogP contribution >= 0.6 is 15.9 Å². The molecule has 0 bridgehead atoms. The van der Waals surface area contributed by atoms with Crippen molar-refractivity contribution in [2.75, 3.05) is 0 Å². The average Bonchev–Trinajstić information content (AvgIpc) is 2.89. The lowest BCUT2D eigenvalue weighted by molar-refractivity contribution is 0.504. The molecule has 0 aliphatic heterocycles. The standard InChI is InChI=1S/C12H16BrN/c1-2-10(12(14)7-8-12)9-5-3-4-6-11(9)13/h3-6,10H,2,7-8,14H2,1H3. The summed E-state index contributed by atoms with van der Waals surface area (Å²) in [6, 6.07) is 8.43. The van der Waals surface area contributed by atoms with Gasteiger partial charge >= 0.3 is 0 Å². The number of hydrogen-bond donors (Lipinski definition) is 1. The van der Waals surface area contributed by atoms with Crippen LogP contribution in [0.1, 0.15) is 37.7 Å². The van der Waals surface area contributed by atoms with Gasteiger partial charge in [0.25, 0.3) is 0 Å². The monoisotopic (exact) mass is 253 g/mol. The van der Waals surface area contributed by atoms with Gasteiger partial charge in [0.1, 0.15) is 0 Å². The summed E-state index contributed by atoms with van der Waals surface area (Å²) >= 11 is 3.60. The van der Waals surface area contributed by atoms with Gasteiger partial charge in [0, 0.05) is 15.9 Å². The predicted octanol–water partition coefficient (Wildman–Crippen LogP) is 3.43. The third-order valence-electron chi connectivity index (χ3n) is 3.21. The molecule has 2 heteroatoms. The molecule has 1 aromatic rings. The van der Waals surface area contributed by atoms with E-state index in [-0.39, 0.29) is 5.54 Å². The Morgan fingerprint density at radius 3 is 2.57 bits per heavy atom. The second-order valence-electron chi connectivity index (χ2n) is 4.22. The van der Waals surface area contributed by atoms with Crippen LogP contribution in [0.3, 0.4) is 0 Å². The van der Waals surface area contributed by atoms with Gasteiger partial charge in [-0.3, -0.25) is 0 Å². The highest BCUT2D eigenvalue weighted by Gasteiger charge is 2.45. The van der Waals surface area contributed by atoms with E-state index < -0.39 is 0 Å². The first kappa shape index (κ1) is 10.2. The molecule has 1 nitrogen and oxygen atoms in total. The van der Waals surface area contributed by atoms with Crippen molar-refractivity contribution in [3.63, 3.8) is 0 Å². The minimum Gasteiger partial charge on any atom is -0.325 e. The Labute approximate surface area is 93.8 Å². The minimum absolute atomic E-state index is 0.0820. The van der Waals surface area contributed by atoms with E-state index in [9.17, 15) is 0 Å². The minimum atomic E-state index is 0.0820. The number of rotatable bonds is 3. The first-order valence-electron chi connectivity index (χ1n) is 5.20. The molecule has 1 atom stereocenters. The second-order valence-corrected chi connectivity index (χ2v) is 5.07. The maximum absolute atomic E-state index is 6.28. The Morgan fingerprint density at radius 1 is 1.43 bits per heavy atom. The lowest BCUT2D eigenvalue weighted by Gasteiger charge is -2.23. The van der Waals surface area contributed by atoms with Gasteiger partial charge in [-0.25, -0.2) is 0 Å². The predicted molar refractivity (Wildman–Crippen MR) is 63.3 cm³/mol. The molecular weight excluding hydrogens is 238 g/mol. The fourth-order valence-corrected chi connectivity index (χ4v) is 2.75. The summed E-state index contributed by atoms with van der Waals surface area (Å²) in [6.45, 7) is 2.22. The van der Waals surface area contributed by atoms with Crippen LogP contribution in [0.2, 0.25) is 0 Å². The highest BCUT2D eigenvalue weighted by Crippen LogP contribution is 2.48. The molecule has 0 heterocycles.